The number of piperidine rings is 2. The highest BCUT2D eigenvalue weighted by Gasteiger charge is 2.45. The van der Waals surface area contributed by atoms with Crippen molar-refractivity contribution in [1.82, 2.24) is 15.1 Å². The van der Waals surface area contributed by atoms with Gasteiger partial charge in [-0.2, -0.15) is 0 Å². The van der Waals surface area contributed by atoms with Crippen LogP contribution in [0, 0.1) is 11.6 Å². The van der Waals surface area contributed by atoms with Gasteiger partial charge < -0.3 is 5.32 Å². The average molecular weight is 573 g/mol. The zero-order chi connectivity index (χ0) is 29.4. The molecule has 3 aromatic rings. The van der Waals surface area contributed by atoms with Gasteiger partial charge in [-0.15, -0.1) is 0 Å². The maximum absolute atomic E-state index is 13.6. The molecular formula is C32H30F2N4O4. The topological polar surface area (TPSA) is 98.8 Å². The molecule has 42 heavy (non-hydrogen) atoms. The van der Waals surface area contributed by atoms with E-state index in [1.54, 1.807) is 18.2 Å². The number of nitrogens with one attached hydrogen (secondary N) is 2. The molecule has 0 saturated carbocycles. The van der Waals surface area contributed by atoms with Gasteiger partial charge in [0.05, 0.1) is 11.1 Å². The van der Waals surface area contributed by atoms with Gasteiger partial charge in [0.2, 0.25) is 11.8 Å². The van der Waals surface area contributed by atoms with Crippen LogP contribution in [0.5, 0.6) is 0 Å². The number of nitrogens with zero attached hydrogens (tertiary/aromatic N) is 2. The van der Waals surface area contributed by atoms with Crippen LogP contribution < -0.4 is 10.6 Å². The number of halogens is 2. The lowest BCUT2D eigenvalue weighted by Crippen LogP contribution is -2.54. The first-order valence-corrected chi connectivity index (χ1v) is 14.1. The molecule has 0 aliphatic carbocycles. The second kappa shape index (κ2) is 11.4. The highest BCUT2D eigenvalue weighted by molar-refractivity contribution is 6.25. The zero-order valence-corrected chi connectivity index (χ0v) is 22.9. The van der Waals surface area contributed by atoms with E-state index in [-0.39, 0.29) is 29.9 Å². The lowest BCUT2D eigenvalue weighted by Gasteiger charge is -2.32. The Balaban J connectivity index is 1.05. The van der Waals surface area contributed by atoms with Crippen LogP contribution in [0.3, 0.4) is 0 Å². The molecule has 10 heteroatoms. The van der Waals surface area contributed by atoms with Crippen LogP contribution in [-0.4, -0.2) is 52.6 Å². The molecule has 0 aromatic heterocycles. The number of fused-ring (bicyclic) bond motifs is 1. The Labute approximate surface area is 241 Å². The minimum Gasteiger partial charge on any atom is -0.380 e. The van der Waals surface area contributed by atoms with Crippen molar-refractivity contribution in [2.45, 2.75) is 50.7 Å². The van der Waals surface area contributed by atoms with Gasteiger partial charge in [0.25, 0.3) is 11.8 Å². The number of anilines is 1. The number of benzene rings is 3. The van der Waals surface area contributed by atoms with Crippen molar-refractivity contribution in [2.24, 2.45) is 0 Å². The van der Waals surface area contributed by atoms with E-state index in [1.165, 1.54) is 12.1 Å². The molecule has 2 fully saturated rings. The van der Waals surface area contributed by atoms with Crippen molar-refractivity contribution < 1.29 is 28.0 Å². The number of hydrogen-bond donors (Lipinski definition) is 2. The van der Waals surface area contributed by atoms with Gasteiger partial charge in [0.1, 0.15) is 17.7 Å². The number of carbonyl (C=O) groups excluding carboxylic acids is 4. The normalized spacial score (nSPS) is 19.7. The Morgan fingerprint density at radius 1 is 0.833 bits per heavy atom. The standard InChI is InChI=1S/C32H30F2N4O4/c33-23-14-22(15-24(34)16-23)21-10-12-37(13-11-21)18-20-6-4-19(5-7-20)17-35-26-3-1-2-25-29(26)32(42)38(31(25)41)27-8-9-28(39)36-30(27)40/h1-7,14-16,21,27,35H,8-13,17-18H2,(H,36,39,40). The number of imide groups is 2. The first-order valence-electron chi connectivity index (χ1n) is 14.1. The van der Waals surface area contributed by atoms with E-state index < -0.39 is 41.3 Å². The highest BCUT2D eigenvalue weighted by Crippen LogP contribution is 2.33. The molecule has 216 valence electrons. The van der Waals surface area contributed by atoms with Crippen LogP contribution >= 0.6 is 0 Å². The molecule has 3 aliphatic heterocycles. The Bertz CT molecular complexity index is 1550. The largest absolute Gasteiger partial charge is 0.380 e. The molecular weight excluding hydrogens is 542 g/mol. The van der Waals surface area contributed by atoms with Crippen LogP contribution in [0.4, 0.5) is 14.5 Å². The Hall–Kier alpha value is -4.44. The Kier molecular flexibility index (Phi) is 7.55. The Morgan fingerprint density at radius 2 is 1.52 bits per heavy atom. The summed E-state index contributed by atoms with van der Waals surface area (Å²) < 4.78 is 27.2. The molecule has 0 bridgehead atoms. The highest BCUT2D eigenvalue weighted by atomic mass is 19.1. The first-order chi connectivity index (χ1) is 20.3. The summed E-state index contributed by atoms with van der Waals surface area (Å²) in [5, 5.41) is 5.48. The predicted molar refractivity (Wildman–Crippen MR) is 150 cm³/mol. The second-order valence-corrected chi connectivity index (χ2v) is 11.1. The number of likely N-dealkylation sites (tertiary alicyclic amines) is 1. The summed E-state index contributed by atoms with van der Waals surface area (Å²) in [7, 11) is 0. The molecule has 0 radical (unpaired) electrons. The van der Waals surface area contributed by atoms with E-state index in [9.17, 15) is 28.0 Å². The van der Waals surface area contributed by atoms with E-state index >= 15 is 0 Å². The van der Waals surface area contributed by atoms with Gasteiger partial charge in [-0.25, -0.2) is 8.78 Å². The van der Waals surface area contributed by atoms with Crippen LogP contribution in [-0.2, 0) is 22.7 Å². The second-order valence-electron chi connectivity index (χ2n) is 11.1. The summed E-state index contributed by atoms with van der Waals surface area (Å²) in [5.74, 6) is -3.05. The van der Waals surface area contributed by atoms with E-state index in [4.69, 9.17) is 0 Å². The Morgan fingerprint density at radius 3 is 2.21 bits per heavy atom. The molecule has 8 nitrogen and oxygen atoms in total. The molecule has 3 heterocycles. The SMILES string of the molecule is O=C1CCC(N2C(=O)c3cccc(NCc4ccc(CN5CCC(c6cc(F)cc(F)c6)CC5)cc4)c3C2=O)C(=O)N1. The van der Waals surface area contributed by atoms with Crippen molar-refractivity contribution >= 4 is 29.3 Å². The number of hydrogen-bond acceptors (Lipinski definition) is 6. The molecule has 3 aromatic carbocycles. The van der Waals surface area contributed by atoms with Crippen molar-refractivity contribution in [2.75, 3.05) is 18.4 Å². The molecule has 3 aliphatic rings. The van der Waals surface area contributed by atoms with Gasteiger partial charge in [0.15, 0.2) is 0 Å². The van der Waals surface area contributed by atoms with E-state index in [0.717, 1.165) is 60.1 Å². The number of carbonyl (C=O) groups is 4. The predicted octanol–water partition coefficient (Wildman–Crippen LogP) is 4.36. The van der Waals surface area contributed by atoms with Crippen LogP contribution in [0.15, 0.2) is 60.7 Å². The number of rotatable bonds is 7. The molecule has 2 N–H and O–H groups in total. The lowest BCUT2D eigenvalue weighted by atomic mass is 9.89. The van der Waals surface area contributed by atoms with Gasteiger partial charge in [-0.1, -0.05) is 30.3 Å². The van der Waals surface area contributed by atoms with Crippen LogP contribution in [0.2, 0.25) is 0 Å². The number of amides is 4. The lowest BCUT2D eigenvalue weighted by molar-refractivity contribution is -0.136. The van der Waals surface area contributed by atoms with Crippen molar-refractivity contribution in [3.05, 3.63) is 100 Å². The van der Waals surface area contributed by atoms with Gasteiger partial charge in [-0.05, 0) is 79.2 Å². The fraction of sp³-hybridized carbons (Fsp3) is 0.312. The third-order valence-corrected chi connectivity index (χ3v) is 8.32. The third-order valence-electron chi connectivity index (χ3n) is 8.32. The maximum atomic E-state index is 13.6. The molecule has 1 unspecified atom stereocenters. The van der Waals surface area contributed by atoms with E-state index in [2.05, 4.69) is 27.7 Å². The third kappa shape index (κ3) is 5.54. The van der Waals surface area contributed by atoms with Crippen molar-refractivity contribution in [3.63, 3.8) is 0 Å². The van der Waals surface area contributed by atoms with E-state index in [1.807, 2.05) is 12.1 Å². The van der Waals surface area contributed by atoms with E-state index in [0.29, 0.717) is 12.2 Å². The minimum atomic E-state index is -1.01. The van der Waals surface area contributed by atoms with Gasteiger partial charge in [-0.3, -0.25) is 34.3 Å². The van der Waals surface area contributed by atoms with Gasteiger partial charge in [0, 0.05) is 31.3 Å². The first kappa shape index (κ1) is 27.7. The molecule has 2 saturated heterocycles. The maximum Gasteiger partial charge on any atom is 0.264 e. The summed E-state index contributed by atoms with van der Waals surface area (Å²) in [5.41, 5.74) is 3.83. The average Bonchev–Trinajstić information content (AvgIpc) is 3.22. The monoisotopic (exact) mass is 572 g/mol. The fourth-order valence-corrected chi connectivity index (χ4v) is 6.12. The summed E-state index contributed by atoms with van der Waals surface area (Å²) in [6.45, 7) is 2.88. The quantitative estimate of drug-likeness (QED) is 0.409. The fourth-order valence-electron chi connectivity index (χ4n) is 6.12. The van der Waals surface area contributed by atoms with Crippen LogP contribution in [0.25, 0.3) is 0 Å². The summed E-state index contributed by atoms with van der Waals surface area (Å²) in [4.78, 5) is 53.5. The molecule has 4 amide bonds. The summed E-state index contributed by atoms with van der Waals surface area (Å²) in [6.07, 6.45) is 1.86. The molecule has 6 rings (SSSR count). The van der Waals surface area contributed by atoms with Crippen molar-refractivity contribution in [3.8, 4) is 0 Å². The summed E-state index contributed by atoms with van der Waals surface area (Å²) in [6, 6.07) is 15.9. The zero-order valence-electron chi connectivity index (χ0n) is 22.9. The molecule has 0 spiro atoms. The minimum absolute atomic E-state index is 0.0688. The van der Waals surface area contributed by atoms with Crippen molar-refractivity contribution in [1.29, 1.82) is 0 Å². The smallest absolute Gasteiger partial charge is 0.264 e. The molecule has 1 atom stereocenters. The van der Waals surface area contributed by atoms with Gasteiger partial charge >= 0.3 is 0 Å². The summed E-state index contributed by atoms with van der Waals surface area (Å²) >= 11 is 0. The van der Waals surface area contributed by atoms with Crippen LogP contribution in [0.1, 0.15) is 69.0 Å².